The zero-order valence-electron chi connectivity index (χ0n) is 13.6. The second kappa shape index (κ2) is 6.93. The summed E-state index contributed by atoms with van der Waals surface area (Å²) in [6.07, 6.45) is 3.09. The molecule has 4 rings (SSSR count). The Hall–Kier alpha value is -3.25. The van der Waals surface area contributed by atoms with Crippen LogP contribution in [-0.4, -0.2) is 25.7 Å². The summed E-state index contributed by atoms with van der Waals surface area (Å²) in [5, 5.41) is 7.74. The van der Waals surface area contributed by atoms with E-state index in [1.165, 1.54) is 6.20 Å². The molecule has 0 saturated heterocycles. The smallest absolute Gasteiger partial charge is 0.277 e. The van der Waals surface area contributed by atoms with E-state index in [1.54, 1.807) is 16.9 Å². The number of para-hydroxylation sites is 2. The van der Waals surface area contributed by atoms with Crippen molar-refractivity contribution >= 4 is 34.4 Å². The first-order valence-corrected chi connectivity index (χ1v) is 8.37. The number of benzene rings is 2. The standard InChI is InChI=1S/C19H14ClN5O/c20-14-6-2-1-5-13(14)12-25-18(9-10-22-25)24-19(26)17-11-21-15-7-3-4-8-16(15)23-17/h1-11H,12H2,(H,24,26). The van der Waals surface area contributed by atoms with E-state index < -0.39 is 0 Å². The number of carbonyl (C=O) groups is 1. The average Bonchev–Trinajstić information content (AvgIpc) is 3.10. The molecule has 0 aliphatic heterocycles. The first kappa shape index (κ1) is 16.2. The van der Waals surface area contributed by atoms with Crippen molar-refractivity contribution in [3.63, 3.8) is 0 Å². The fraction of sp³-hybridized carbons (Fsp3) is 0.0526. The number of amides is 1. The molecule has 0 bridgehead atoms. The average molecular weight is 364 g/mol. The van der Waals surface area contributed by atoms with Gasteiger partial charge in [0.1, 0.15) is 11.5 Å². The number of nitrogens with one attached hydrogen (secondary N) is 1. The Morgan fingerprint density at radius 1 is 1.04 bits per heavy atom. The van der Waals surface area contributed by atoms with E-state index in [0.29, 0.717) is 22.9 Å². The van der Waals surface area contributed by atoms with Crippen LogP contribution in [0, 0.1) is 0 Å². The fourth-order valence-corrected chi connectivity index (χ4v) is 2.80. The Bertz CT molecular complexity index is 1090. The highest BCUT2D eigenvalue weighted by molar-refractivity contribution is 6.31. The number of anilines is 1. The van der Waals surface area contributed by atoms with Crippen LogP contribution in [0.15, 0.2) is 67.0 Å². The molecule has 1 N–H and O–H groups in total. The number of hydrogen-bond acceptors (Lipinski definition) is 4. The molecule has 0 atom stereocenters. The van der Waals surface area contributed by atoms with Gasteiger partial charge in [-0.1, -0.05) is 41.9 Å². The highest BCUT2D eigenvalue weighted by Crippen LogP contribution is 2.18. The molecule has 0 saturated carbocycles. The van der Waals surface area contributed by atoms with Gasteiger partial charge in [-0.05, 0) is 23.8 Å². The SMILES string of the molecule is O=C(Nc1ccnn1Cc1ccccc1Cl)c1cnc2ccccc2n1. The maximum absolute atomic E-state index is 12.5. The van der Waals surface area contributed by atoms with Gasteiger partial charge in [0.25, 0.3) is 5.91 Å². The maximum atomic E-state index is 12.5. The van der Waals surface area contributed by atoms with Crippen molar-refractivity contribution < 1.29 is 4.79 Å². The summed E-state index contributed by atoms with van der Waals surface area (Å²) in [5.41, 5.74) is 2.57. The number of aromatic nitrogens is 4. The molecule has 0 spiro atoms. The lowest BCUT2D eigenvalue weighted by Gasteiger charge is -2.10. The minimum Gasteiger partial charge on any atom is -0.305 e. The van der Waals surface area contributed by atoms with Crippen LogP contribution >= 0.6 is 11.6 Å². The Morgan fingerprint density at radius 2 is 1.81 bits per heavy atom. The quantitative estimate of drug-likeness (QED) is 0.599. The second-order valence-corrected chi connectivity index (χ2v) is 6.07. The van der Waals surface area contributed by atoms with Crippen LogP contribution in [0.1, 0.15) is 16.1 Å². The number of carbonyl (C=O) groups excluding carboxylic acids is 1. The van der Waals surface area contributed by atoms with Crippen LogP contribution in [0.3, 0.4) is 0 Å². The normalized spacial score (nSPS) is 10.8. The molecule has 0 aliphatic carbocycles. The zero-order chi connectivity index (χ0) is 17.9. The van der Waals surface area contributed by atoms with Crippen LogP contribution < -0.4 is 5.32 Å². The summed E-state index contributed by atoms with van der Waals surface area (Å²) >= 11 is 6.20. The Labute approximate surface area is 154 Å². The van der Waals surface area contributed by atoms with Gasteiger partial charge >= 0.3 is 0 Å². The predicted octanol–water partition coefficient (Wildman–Crippen LogP) is 3.78. The van der Waals surface area contributed by atoms with Crippen molar-refractivity contribution in [1.29, 1.82) is 0 Å². The van der Waals surface area contributed by atoms with Gasteiger partial charge in [0.15, 0.2) is 0 Å². The number of hydrogen-bond donors (Lipinski definition) is 1. The van der Waals surface area contributed by atoms with Crippen molar-refractivity contribution in [3.05, 3.63) is 83.3 Å². The highest BCUT2D eigenvalue weighted by Gasteiger charge is 2.13. The molecule has 26 heavy (non-hydrogen) atoms. The molecule has 2 aromatic carbocycles. The fourth-order valence-electron chi connectivity index (χ4n) is 2.60. The van der Waals surface area contributed by atoms with Crippen molar-refractivity contribution in [2.45, 2.75) is 6.54 Å². The number of halogens is 1. The molecule has 0 aliphatic rings. The van der Waals surface area contributed by atoms with Crippen LogP contribution in [0.2, 0.25) is 5.02 Å². The molecular weight excluding hydrogens is 350 g/mol. The van der Waals surface area contributed by atoms with Crippen molar-refractivity contribution in [1.82, 2.24) is 19.7 Å². The minimum atomic E-state index is -0.343. The van der Waals surface area contributed by atoms with Gasteiger partial charge in [-0.2, -0.15) is 5.10 Å². The summed E-state index contributed by atoms with van der Waals surface area (Å²) in [6.45, 7) is 0.450. The second-order valence-electron chi connectivity index (χ2n) is 5.66. The van der Waals surface area contributed by atoms with E-state index in [4.69, 9.17) is 11.6 Å². The molecule has 128 valence electrons. The van der Waals surface area contributed by atoms with Crippen molar-refractivity contribution in [2.75, 3.05) is 5.32 Å². The monoisotopic (exact) mass is 363 g/mol. The Morgan fingerprint density at radius 3 is 2.65 bits per heavy atom. The summed E-state index contributed by atoms with van der Waals surface area (Å²) in [7, 11) is 0. The third-order valence-electron chi connectivity index (χ3n) is 3.92. The van der Waals surface area contributed by atoms with Gasteiger partial charge < -0.3 is 5.32 Å². The highest BCUT2D eigenvalue weighted by atomic mass is 35.5. The lowest BCUT2D eigenvalue weighted by Crippen LogP contribution is -2.17. The summed E-state index contributed by atoms with van der Waals surface area (Å²) < 4.78 is 1.67. The summed E-state index contributed by atoms with van der Waals surface area (Å²) in [6, 6.07) is 16.7. The molecule has 2 heterocycles. The molecule has 6 nitrogen and oxygen atoms in total. The molecule has 0 radical (unpaired) electrons. The largest absolute Gasteiger partial charge is 0.305 e. The minimum absolute atomic E-state index is 0.245. The van der Waals surface area contributed by atoms with Crippen molar-refractivity contribution in [3.8, 4) is 0 Å². The lowest BCUT2D eigenvalue weighted by atomic mass is 10.2. The van der Waals surface area contributed by atoms with Gasteiger partial charge in [0.05, 0.1) is 30.0 Å². The third-order valence-corrected chi connectivity index (χ3v) is 4.29. The number of fused-ring (bicyclic) bond motifs is 1. The summed E-state index contributed by atoms with van der Waals surface area (Å²) in [5.74, 6) is 0.217. The molecule has 2 aromatic heterocycles. The lowest BCUT2D eigenvalue weighted by molar-refractivity contribution is 0.102. The van der Waals surface area contributed by atoms with Gasteiger partial charge in [0.2, 0.25) is 0 Å². The van der Waals surface area contributed by atoms with Gasteiger partial charge in [-0.3, -0.25) is 9.78 Å². The van der Waals surface area contributed by atoms with Gasteiger partial charge in [0, 0.05) is 11.1 Å². The first-order chi connectivity index (χ1) is 12.7. The van der Waals surface area contributed by atoms with E-state index in [9.17, 15) is 4.79 Å². The van der Waals surface area contributed by atoms with Crippen molar-refractivity contribution in [2.24, 2.45) is 0 Å². The number of nitrogens with zero attached hydrogens (tertiary/aromatic N) is 4. The van der Waals surface area contributed by atoms with E-state index in [0.717, 1.165) is 11.1 Å². The molecule has 1 amide bonds. The van der Waals surface area contributed by atoms with E-state index in [1.807, 2.05) is 48.5 Å². The molecule has 0 fully saturated rings. The Kier molecular flexibility index (Phi) is 4.33. The third kappa shape index (κ3) is 3.27. The molecule has 4 aromatic rings. The zero-order valence-corrected chi connectivity index (χ0v) is 14.4. The number of rotatable bonds is 4. The topological polar surface area (TPSA) is 72.7 Å². The first-order valence-electron chi connectivity index (χ1n) is 7.99. The van der Waals surface area contributed by atoms with Gasteiger partial charge in [-0.25, -0.2) is 9.67 Å². The molecule has 7 heteroatoms. The Balaban J connectivity index is 1.56. The summed E-state index contributed by atoms with van der Waals surface area (Å²) in [4.78, 5) is 21.2. The van der Waals surface area contributed by atoms with E-state index in [-0.39, 0.29) is 11.6 Å². The van der Waals surface area contributed by atoms with Crippen LogP contribution in [0.4, 0.5) is 5.82 Å². The molecular formula is C19H14ClN5O. The maximum Gasteiger partial charge on any atom is 0.277 e. The van der Waals surface area contributed by atoms with Crippen LogP contribution in [0.5, 0.6) is 0 Å². The van der Waals surface area contributed by atoms with Gasteiger partial charge in [-0.15, -0.1) is 0 Å². The molecule has 0 unspecified atom stereocenters. The van der Waals surface area contributed by atoms with E-state index >= 15 is 0 Å². The van der Waals surface area contributed by atoms with E-state index in [2.05, 4.69) is 20.4 Å². The van der Waals surface area contributed by atoms with Crippen LogP contribution in [0.25, 0.3) is 11.0 Å². The van der Waals surface area contributed by atoms with Crippen LogP contribution in [-0.2, 0) is 6.54 Å². The predicted molar refractivity (Wildman–Crippen MR) is 100 cm³/mol.